The second kappa shape index (κ2) is 8.99. The standard InChI is InChI=1S/C18H24N4O4S2/c1-13-11-22(12-14(2)26-13)28(24,25)10-8-20-18(23)21-16-5-3-15(4-6-16)17-19-7-9-27-17/h3-7,9,13-14H,8,10-12H2,1-2H3,(H2,20,21,23)/t13-,14+. The van der Waals surface area contributed by atoms with Crippen LogP contribution in [-0.2, 0) is 14.8 Å². The first-order chi connectivity index (χ1) is 13.3. The number of urea groups is 1. The molecule has 28 heavy (non-hydrogen) atoms. The molecule has 0 unspecified atom stereocenters. The van der Waals surface area contributed by atoms with E-state index in [0.29, 0.717) is 18.8 Å². The molecule has 8 nitrogen and oxygen atoms in total. The molecule has 1 aliphatic rings. The zero-order valence-corrected chi connectivity index (χ0v) is 17.4. The normalized spacial score (nSPS) is 20.6. The summed E-state index contributed by atoms with van der Waals surface area (Å²) in [5, 5.41) is 8.11. The quantitative estimate of drug-likeness (QED) is 0.741. The second-order valence-corrected chi connectivity index (χ2v) is 9.67. The Balaban J connectivity index is 1.46. The number of sulfonamides is 1. The fourth-order valence-corrected chi connectivity index (χ4v) is 5.15. The van der Waals surface area contributed by atoms with Gasteiger partial charge in [-0.3, -0.25) is 0 Å². The number of thiazole rings is 1. The number of rotatable bonds is 6. The Morgan fingerprint density at radius 2 is 1.93 bits per heavy atom. The van der Waals surface area contributed by atoms with E-state index in [0.717, 1.165) is 10.6 Å². The second-order valence-electron chi connectivity index (χ2n) is 6.69. The van der Waals surface area contributed by atoms with E-state index in [4.69, 9.17) is 4.74 Å². The highest BCUT2D eigenvalue weighted by molar-refractivity contribution is 7.89. The third-order valence-corrected chi connectivity index (χ3v) is 6.87. The number of aromatic nitrogens is 1. The Labute approximate surface area is 169 Å². The molecule has 152 valence electrons. The van der Waals surface area contributed by atoms with Gasteiger partial charge in [0.25, 0.3) is 0 Å². The van der Waals surface area contributed by atoms with Gasteiger partial charge in [-0.1, -0.05) is 0 Å². The number of benzene rings is 1. The van der Waals surface area contributed by atoms with E-state index in [1.165, 1.54) is 4.31 Å². The summed E-state index contributed by atoms with van der Waals surface area (Å²) in [6.45, 7) is 4.41. The zero-order valence-electron chi connectivity index (χ0n) is 15.8. The summed E-state index contributed by atoms with van der Waals surface area (Å²) in [5.74, 6) is -0.150. The minimum absolute atomic E-state index is 0.0332. The van der Waals surface area contributed by atoms with Crippen molar-refractivity contribution >= 4 is 33.1 Å². The summed E-state index contributed by atoms with van der Waals surface area (Å²) in [4.78, 5) is 16.3. The van der Waals surface area contributed by atoms with Crippen molar-refractivity contribution < 1.29 is 17.9 Å². The van der Waals surface area contributed by atoms with Crippen LogP contribution in [0, 0.1) is 0 Å². The Morgan fingerprint density at radius 1 is 1.25 bits per heavy atom. The number of ether oxygens (including phenoxy) is 1. The lowest BCUT2D eigenvalue weighted by Crippen LogP contribution is -2.49. The van der Waals surface area contributed by atoms with Crippen molar-refractivity contribution in [3.8, 4) is 10.6 Å². The van der Waals surface area contributed by atoms with Gasteiger partial charge in [0.15, 0.2) is 0 Å². The van der Waals surface area contributed by atoms with Gasteiger partial charge >= 0.3 is 6.03 Å². The van der Waals surface area contributed by atoms with Crippen molar-refractivity contribution in [1.82, 2.24) is 14.6 Å². The lowest BCUT2D eigenvalue weighted by atomic mass is 10.2. The number of carbonyl (C=O) groups is 1. The maximum atomic E-state index is 12.5. The highest BCUT2D eigenvalue weighted by atomic mass is 32.2. The Kier molecular flexibility index (Phi) is 6.65. The SMILES string of the molecule is C[C@@H]1CN(S(=O)(=O)CCNC(=O)Nc2ccc(-c3nccs3)cc2)C[C@H](C)O1. The molecule has 10 heteroatoms. The Bertz CT molecular complexity index is 875. The summed E-state index contributed by atoms with van der Waals surface area (Å²) >= 11 is 1.54. The van der Waals surface area contributed by atoms with Gasteiger partial charge < -0.3 is 15.4 Å². The van der Waals surface area contributed by atoms with Gasteiger partial charge in [0, 0.05) is 42.5 Å². The third kappa shape index (κ3) is 5.51. The maximum Gasteiger partial charge on any atom is 0.319 e. The number of nitrogens with zero attached hydrogens (tertiary/aromatic N) is 2. The lowest BCUT2D eigenvalue weighted by molar-refractivity contribution is -0.0440. The van der Waals surface area contributed by atoms with E-state index in [2.05, 4.69) is 15.6 Å². The molecule has 2 heterocycles. The van der Waals surface area contributed by atoms with Crippen LogP contribution in [0.4, 0.5) is 10.5 Å². The number of hydrogen-bond acceptors (Lipinski definition) is 6. The molecule has 3 rings (SSSR count). The van der Waals surface area contributed by atoms with E-state index >= 15 is 0 Å². The third-order valence-electron chi connectivity index (χ3n) is 4.25. The molecule has 1 saturated heterocycles. The molecule has 1 fully saturated rings. The maximum absolute atomic E-state index is 12.5. The summed E-state index contributed by atoms with van der Waals surface area (Å²) in [6.07, 6.45) is 1.47. The molecule has 2 amide bonds. The van der Waals surface area contributed by atoms with Crippen molar-refractivity contribution in [1.29, 1.82) is 0 Å². The van der Waals surface area contributed by atoms with Crippen LogP contribution in [0.25, 0.3) is 10.6 Å². The van der Waals surface area contributed by atoms with E-state index in [1.807, 2.05) is 31.4 Å². The predicted molar refractivity (Wildman–Crippen MR) is 110 cm³/mol. The van der Waals surface area contributed by atoms with Crippen molar-refractivity contribution in [2.24, 2.45) is 0 Å². The van der Waals surface area contributed by atoms with Gasteiger partial charge in [-0.05, 0) is 38.1 Å². The molecule has 2 atom stereocenters. The fraction of sp³-hybridized carbons (Fsp3) is 0.444. The molecular weight excluding hydrogens is 400 g/mol. The van der Waals surface area contributed by atoms with Crippen LogP contribution in [0.1, 0.15) is 13.8 Å². The number of amides is 2. The average Bonchev–Trinajstić information content (AvgIpc) is 3.16. The number of nitrogens with one attached hydrogen (secondary N) is 2. The monoisotopic (exact) mass is 424 g/mol. The molecule has 1 aliphatic heterocycles. The zero-order chi connectivity index (χ0) is 20.1. The topological polar surface area (TPSA) is 101 Å². The number of anilines is 1. The first-order valence-electron chi connectivity index (χ1n) is 9.01. The van der Waals surface area contributed by atoms with Crippen LogP contribution < -0.4 is 10.6 Å². The van der Waals surface area contributed by atoms with Crippen molar-refractivity contribution in [2.75, 3.05) is 30.7 Å². The van der Waals surface area contributed by atoms with E-state index in [1.54, 1.807) is 29.7 Å². The van der Waals surface area contributed by atoms with Crippen LogP contribution in [0.3, 0.4) is 0 Å². The van der Waals surface area contributed by atoms with E-state index in [-0.39, 0.29) is 24.5 Å². The molecule has 0 aliphatic carbocycles. The van der Waals surface area contributed by atoms with Crippen LogP contribution in [0.2, 0.25) is 0 Å². The van der Waals surface area contributed by atoms with Gasteiger partial charge in [-0.2, -0.15) is 4.31 Å². The lowest BCUT2D eigenvalue weighted by Gasteiger charge is -2.34. The summed E-state index contributed by atoms with van der Waals surface area (Å²) in [6, 6.07) is 6.87. The van der Waals surface area contributed by atoms with Crippen LogP contribution >= 0.6 is 11.3 Å². The van der Waals surface area contributed by atoms with Crippen LogP contribution in [0.5, 0.6) is 0 Å². The number of hydrogen-bond donors (Lipinski definition) is 2. The first-order valence-corrected chi connectivity index (χ1v) is 11.5. The van der Waals surface area contributed by atoms with Crippen molar-refractivity contribution in [3.63, 3.8) is 0 Å². The largest absolute Gasteiger partial charge is 0.373 e. The smallest absolute Gasteiger partial charge is 0.319 e. The summed E-state index contributed by atoms with van der Waals surface area (Å²) in [7, 11) is -3.44. The Morgan fingerprint density at radius 3 is 2.54 bits per heavy atom. The molecule has 0 spiro atoms. The summed E-state index contributed by atoms with van der Waals surface area (Å²) in [5.41, 5.74) is 1.59. The minimum atomic E-state index is -3.44. The van der Waals surface area contributed by atoms with Gasteiger partial charge in [-0.25, -0.2) is 18.2 Å². The fourth-order valence-electron chi connectivity index (χ4n) is 3.02. The molecule has 0 saturated carbocycles. The van der Waals surface area contributed by atoms with Gasteiger partial charge in [-0.15, -0.1) is 11.3 Å². The van der Waals surface area contributed by atoms with E-state index < -0.39 is 16.1 Å². The van der Waals surface area contributed by atoms with Gasteiger partial charge in [0.2, 0.25) is 10.0 Å². The summed E-state index contributed by atoms with van der Waals surface area (Å²) < 4.78 is 31.9. The molecule has 1 aromatic heterocycles. The molecule has 2 aromatic rings. The number of carbonyl (C=O) groups excluding carboxylic acids is 1. The highest BCUT2D eigenvalue weighted by Crippen LogP contribution is 2.23. The molecule has 0 radical (unpaired) electrons. The first kappa shape index (κ1) is 20.7. The highest BCUT2D eigenvalue weighted by Gasteiger charge is 2.30. The predicted octanol–water partition coefficient (Wildman–Crippen LogP) is 2.37. The van der Waals surface area contributed by atoms with E-state index in [9.17, 15) is 13.2 Å². The van der Waals surface area contributed by atoms with Gasteiger partial charge in [0.05, 0.1) is 18.0 Å². The molecule has 0 bridgehead atoms. The van der Waals surface area contributed by atoms with Crippen molar-refractivity contribution in [3.05, 3.63) is 35.8 Å². The Hall–Kier alpha value is -2.01. The molecule has 1 aromatic carbocycles. The number of morpholine rings is 1. The molecule has 2 N–H and O–H groups in total. The minimum Gasteiger partial charge on any atom is -0.373 e. The van der Waals surface area contributed by atoms with Crippen LogP contribution in [-0.4, -0.2) is 61.3 Å². The average molecular weight is 425 g/mol. The molecular formula is C18H24N4O4S2. The van der Waals surface area contributed by atoms with Crippen molar-refractivity contribution in [2.45, 2.75) is 26.1 Å². The van der Waals surface area contributed by atoms with Crippen LogP contribution in [0.15, 0.2) is 35.8 Å². The van der Waals surface area contributed by atoms with Gasteiger partial charge in [0.1, 0.15) is 5.01 Å².